The first-order chi connectivity index (χ1) is 12.1. The van der Waals surface area contributed by atoms with Crippen LogP contribution in [0.3, 0.4) is 0 Å². The molecule has 0 radical (unpaired) electrons. The van der Waals surface area contributed by atoms with Crippen LogP contribution in [0.15, 0.2) is 70.5 Å². The molecule has 3 rings (SSSR count). The van der Waals surface area contributed by atoms with E-state index < -0.39 is 17.4 Å². The molecule has 1 N–H and O–H groups in total. The first kappa shape index (κ1) is 17.8. The fraction of sp³-hybridized carbons (Fsp3) is 0.100. The van der Waals surface area contributed by atoms with E-state index in [2.05, 4.69) is 0 Å². The summed E-state index contributed by atoms with van der Waals surface area (Å²) in [5.74, 6) is -2.86. The van der Waals surface area contributed by atoms with Gasteiger partial charge in [0.2, 0.25) is 5.82 Å². The van der Waals surface area contributed by atoms with Gasteiger partial charge in [-0.25, -0.2) is 4.39 Å². The van der Waals surface area contributed by atoms with Crippen LogP contribution in [0.2, 0.25) is 5.02 Å². The van der Waals surface area contributed by atoms with Crippen LogP contribution in [-0.4, -0.2) is 5.11 Å². The normalized spacial score (nSPS) is 10.8. The Bertz CT molecular complexity index is 899. The molecule has 0 aliphatic heterocycles. The van der Waals surface area contributed by atoms with Gasteiger partial charge in [-0.05, 0) is 48.2 Å². The zero-order valence-corrected chi connectivity index (χ0v) is 14.7. The molecule has 3 aromatic carbocycles. The molecule has 0 amide bonds. The third-order valence-electron chi connectivity index (χ3n) is 3.85. The van der Waals surface area contributed by atoms with Gasteiger partial charge < -0.3 is 5.11 Å². The molecule has 0 aromatic heterocycles. The second-order valence-electron chi connectivity index (χ2n) is 5.51. The van der Waals surface area contributed by atoms with Crippen molar-refractivity contribution >= 4 is 23.4 Å². The Morgan fingerprint density at radius 2 is 1.44 bits per heavy atom. The summed E-state index contributed by atoms with van der Waals surface area (Å²) >= 11 is 7.78. The Labute approximate surface area is 154 Å². The van der Waals surface area contributed by atoms with Gasteiger partial charge in [0.25, 0.3) is 0 Å². The molecule has 0 saturated carbocycles. The molecule has 128 valence electrons. The maximum atomic E-state index is 13.5. The molecule has 3 aromatic rings. The molecule has 0 aliphatic rings. The lowest BCUT2D eigenvalue weighted by Gasteiger charge is -2.11. The third kappa shape index (κ3) is 4.14. The molecule has 0 aliphatic carbocycles. The van der Waals surface area contributed by atoms with E-state index in [9.17, 15) is 13.9 Å². The summed E-state index contributed by atoms with van der Waals surface area (Å²) in [6.45, 7) is 0. The lowest BCUT2D eigenvalue weighted by atomic mass is 10.0. The Hall–Kier alpha value is -2.04. The summed E-state index contributed by atoms with van der Waals surface area (Å²) in [5.41, 5.74) is 1.44. The molecule has 0 spiro atoms. The van der Waals surface area contributed by atoms with E-state index in [0.717, 1.165) is 21.4 Å². The first-order valence-electron chi connectivity index (χ1n) is 7.72. The predicted octanol–water partition coefficient (Wildman–Crippen LogP) is 6.26. The minimum atomic E-state index is -1.20. The summed E-state index contributed by atoms with van der Waals surface area (Å²) in [5, 5.41) is 10.4. The van der Waals surface area contributed by atoms with Gasteiger partial charge in [0, 0.05) is 9.79 Å². The minimum Gasteiger partial charge on any atom is -0.505 e. The number of phenols is 1. The molecular weight excluding hydrogens is 362 g/mol. The molecule has 0 atom stereocenters. The average molecular weight is 377 g/mol. The number of aromatic hydroxyl groups is 1. The Balaban J connectivity index is 1.80. The van der Waals surface area contributed by atoms with Crippen LogP contribution in [0.1, 0.15) is 11.1 Å². The highest BCUT2D eigenvalue weighted by Gasteiger charge is 2.13. The molecule has 0 bridgehead atoms. The number of phenolic OH excluding ortho intramolecular Hbond substituents is 1. The van der Waals surface area contributed by atoms with E-state index in [4.69, 9.17) is 11.6 Å². The van der Waals surface area contributed by atoms with Crippen molar-refractivity contribution in [2.75, 3.05) is 0 Å². The zero-order chi connectivity index (χ0) is 17.8. The van der Waals surface area contributed by atoms with Crippen molar-refractivity contribution in [1.29, 1.82) is 0 Å². The second-order valence-corrected chi connectivity index (χ2v) is 7.00. The van der Waals surface area contributed by atoms with Crippen LogP contribution in [0.4, 0.5) is 8.78 Å². The quantitative estimate of drug-likeness (QED) is 0.567. The highest BCUT2D eigenvalue weighted by atomic mass is 35.5. The Kier molecular flexibility index (Phi) is 5.61. The van der Waals surface area contributed by atoms with Crippen molar-refractivity contribution in [3.63, 3.8) is 0 Å². The van der Waals surface area contributed by atoms with E-state index in [1.54, 1.807) is 11.8 Å². The lowest BCUT2D eigenvalue weighted by Crippen LogP contribution is -1.97. The maximum absolute atomic E-state index is 13.5. The number of rotatable bonds is 5. The van der Waals surface area contributed by atoms with Gasteiger partial charge in [-0.1, -0.05) is 59.8 Å². The van der Waals surface area contributed by atoms with Gasteiger partial charge in [-0.3, -0.25) is 0 Å². The zero-order valence-electron chi connectivity index (χ0n) is 13.2. The van der Waals surface area contributed by atoms with Gasteiger partial charge in [0.15, 0.2) is 11.6 Å². The monoisotopic (exact) mass is 376 g/mol. The maximum Gasteiger partial charge on any atom is 0.200 e. The summed E-state index contributed by atoms with van der Waals surface area (Å²) in [6, 6.07) is 17.9. The summed E-state index contributed by atoms with van der Waals surface area (Å²) < 4.78 is 26.6. The van der Waals surface area contributed by atoms with Crippen molar-refractivity contribution < 1.29 is 13.9 Å². The predicted molar refractivity (Wildman–Crippen MR) is 97.4 cm³/mol. The van der Waals surface area contributed by atoms with Gasteiger partial charge in [0.1, 0.15) is 0 Å². The number of hydrogen-bond donors (Lipinski definition) is 1. The van der Waals surface area contributed by atoms with Crippen LogP contribution in [0.5, 0.6) is 5.75 Å². The standard InChI is InChI=1S/C20H15ClF2OS/c21-15-6-2-4-8-18(15)25-17-7-3-1-5-13(17)9-10-14-11-12-16(22)19(23)20(14)24/h1-8,11-12,24H,9-10H2. The molecular formula is C20H15ClF2OS. The number of benzene rings is 3. The van der Waals surface area contributed by atoms with Gasteiger partial charge in [0.05, 0.1) is 5.02 Å². The van der Waals surface area contributed by atoms with E-state index in [-0.39, 0.29) is 0 Å². The van der Waals surface area contributed by atoms with Gasteiger partial charge >= 0.3 is 0 Å². The topological polar surface area (TPSA) is 20.2 Å². The third-order valence-corrected chi connectivity index (χ3v) is 5.48. The first-order valence-corrected chi connectivity index (χ1v) is 8.92. The summed E-state index contributed by atoms with van der Waals surface area (Å²) in [7, 11) is 0. The van der Waals surface area contributed by atoms with Crippen molar-refractivity contribution in [2.24, 2.45) is 0 Å². The van der Waals surface area contributed by atoms with Crippen molar-refractivity contribution in [3.05, 3.63) is 88.4 Å². The highest BCUT2D eigenvalue weighted by Crippen LogP contribution is 2.35. The molecule has 0 saturated heterocycles. The minimum absolute atomic E-state index is 0.386. The van der Waals surface area contributed by atoms with E-state index >= 15 is 0 Å². The van der Waals surface area contributed by atoms with E-state index in [1.807, 2.05) is 48.5 Å². The van der Waals surface area contributed by atoms with Crippen molar-refractivity contribution in [1.82, 2.24) is 0 Å². The van der Waals surface area contributed by atoms with Crippen LogP contribution in [0, 0.1) is 11.6 Å². The largest absolute Gasteiger partial charge is 0.505 e. The SMILES string of the molecule is Oc1c(CCc2ccccc2Sc2ccccc2Cl)ccc(F)c1F. The Morgan fingerprint density at radius 1 is 0.800 bits per heavy atom. The van der Waals surface area contributed by atoms with Crippen LogP contribution in [0.25, 0.3) is 0 Å². The van der Waals surface area contributed by atoms with E-state index in [0.29, 0.717) is 23.4 Å². The molecule has 0 fully saturated rings. The lowest BCUT2D eigenvalue weighted by molar-refractivity contribution is 0.401. The second kappa shape index (κ2) is 7.89. The number of aryl methyl sites for hydroxylation is 2. The average Bonchev–Trinajstić information content (AvgIpc) is 2.62. The summed E-state index contributed by atoms with van der Waals surface area (Å²) in [4.78, 5) is 1.99. The van der Waals surface area contributed by atoms with Gasteiger partial charge in [-0.2, -0.15) is 4.39 Å². The molecule has 1 nitrogen and oxygen atoms in total. The molecule has 0 unspecified atom stereocenters. The molecule has 0 heterocycles. The number of hydrogen-bond acceptors (Lipinski definition) is 2. The molecule has 25 heavy (non-hydrogen) atoms. The number of halogens is 3. The van der Waals surface area contributed by atoms with Gasteiger partial charge in [-0.15, -0.1) is 0 Å². The van der Waals surface area contributed by atoms with E-state index in [1.165, 1.54) is 6.07 Å². The van der Waals surface area contributed by atoms with Crippen molar-refractivity contribution in [3.8, 4) is 5.75 Å². The van der Waals surface area contributed by atoms with Crippen LogP contribution < -0.4 is 0 Å². The smallest absolute Gasteiger partial charge is 0.200 e. The fourth-order valence-electron chi connectivity index (χ4n) is 2.51. The molecule has 5 heteroatoms. The highest BCUT2D eigenvalue weighted by molar-refractivity contribution is 7.99. The van der Waals surface area contributed by atoms with Crippen molar-refractivity contribution in [2.45, 2.75) is 22.6 Å². The van der Waals surface area contributed by atoms with Crippen LogP contribution >= 0.6 is 23.4 Å². The Morgan fingerprint density at radius 3 is 2.20 bits per heavy atom. The van der Waals surface area contributed by atoms with Crippen LogP contribution in [-0.2, 0) is 12.8 Å². The fourth-order valence-corrected chi connectivity index (χ4v) is 3.76. The summed E-state index contributed by atoms with van der Waals surface area (Å²) in [6.07, 6.45) is 0.995.